The molecule has 0 spiro atoms. The molecule has 0 saturated heterocycles. The van der Waals surface area contributed by atoms with Crippen molar-refractivity contribution in [2.45, 2.75) is 0 Å². The van der Waals surface area contributed by atoms with Crippen molar-refractivity contribution in [1.82, 2.24) is 5.43 Å². The molecule has 4 aromatic rings. The van der Waals surface area contributed by atoms with Crippen LogP contribution in [0, 0.1) is 0 Å². The molecule has 0 amide bonds. The summed E-state index contributed by atoms with van der Waals surface area (Å²) in [6, 6.07) is 23.3. The summed E-state index contributed by atoms with van der Waals surface area (Å²) in [6.45, 7) is 0. The summed E-state index contributed by atoms with van der Waals surface area (Å²) in [5.74, 6) is 1.39. The first kappa shape index (κ1) is 19.5. The first-order valence-corrected chi connectivity index (χ1v) is 9.90. The van der Waals surface area contributed by atoms with E-state index in [2.05, 4.69) is 34.0 Å². The number of hydrogen-bond acceptors (Lipinski definition) is 3. The molecule has 0 atom stereocenters. The first-order chi connectivity index (χ1) is 14.1. The van der Waals surface area contributed by atoms with Crippen molar-refractivity contribution in [2.75, 3.05) is 5.32 Å². The number of fused-ring (bicyclic) bond motifs is 1. The average molecular weight is 440 g/mol. The summed E-state index contributed by atoms with van der Waals surface area (Å²) in [5.41, 5.74) is 4.49. The number of anilines is 1. The zero-order chi connectivity index (χ0) is 20.2. The first-order valence-electron chi connectivity index (χ1n) is 8.73. The minimum absolute atomic E-state index is 0.320. The Kier molecular flexibility index (Phi) is 5.81. The van der Waals surface area contributed by atoms with Crippen molar-refractivity contribution < 1.29 is 4.42 Å². The number of nitrogens with zero attached hydrogens (tertiary/aromatic N) is 1. The molecule has 1 heterocycles. The van der Waals surface area contributed by atoms with E-state index in [0.717, 1.165) is 22.1 Å². The second-order valence-corrected chi connectivity index (χ2v) is 7.40. The smallest absolute Gasteiger partial charge is 0.191 e. The van der Waals surface area contributed by atoms with Crippen LogP contribution in [0.15, 0.2) is 82.3 Å². The second kappa shape index (κ2) is 8.66. The van der Waals surface area contributed by atoms with Gasteiger partial charge in [0.2, 0.25) is 0 Å². The maximum absolute atomic E-state index is 5.99. The van der Waals surface area contributed by atoms with Crippen LogP contribution in [0.2, 0.25) is 10.0 Å². The van der Waals surface area contributed by atoms with Crippen molar-refractivity contribution in [3.8, 4) is 11.3 Å². The Bertz CT molecular complexity index is 1210. The van der Waals surface area contributed by atoms with Gasteiger partial charge in [-0.15, -0.1) is 0 Å². The summed E-state index contributed by atoms with van der Waals surface area (Å²) in [6.07, 6.45) is 1.57. The molecule has 0 fully saturated rings. The molecule has 0 aliphatic rings. The third kappa shape index (κ3) is 4.59. The van der Waals surface area contributed by atoms with E-state index in [1.54, 1.807) is 24.4 Å². The Hall–Kier alpha value is -2.86. The Morgan fingerprint density at radius 1 is 0.931 bits per heavy atom. The van der Waals surface area contributed by atoms with Gasteiger partial charge in [-0.25, -0.2) is 0 Å². The van der Waals surface area contributed by atoms with Crippen molar-refractivity contribution in [3.63, 3.8) is 0 Å². The van der Waals surface area contributed by atoms with E-state index in [1.807, 2.05) is 36.4 Å². The molecule has 0 unspecified atom stereocenters. The van der Waals surface area contributed by atoms with E-state index in [1.165, 1.54) is 0 Å². The van der Waals surface area contributed by atoms with Crippen LogP contribution < -0.4 is 10.7 Å². The molecule has 29 heavy (non-hydrogen) atoms. The molecule has 0 radical (unpaired) electrons. The van der Waals surface area contributed by atoms with Crippen LogP contribution in [-0.2, 0) is 0 Å². The van der Waals surface area contributed by atoms with Crippen molar-refractivity contribution >= 4 is 63.2 Å². The topological polar surface area (TPSA) is 49.6 Å². The highest BCUT2D eigenvalue weighted by molar-refractivity contribution is 7.80. The quantitative estimate of drug-likeness (QED) is 0.210. The standard InChI is InChI=1S/C22H15Cl2N3OS/c23-19-10-8-15(12-20(19)24)26-22(29)27-25-13-16-9-11-21(28-16)18-7-3-5-14-4-1-2-6-17(14)18/h1-13H,(H2,26,27,29). The number of nitrogens with one attached hydrogen (secondary N) is 2. The fraction of sp³-hybridized carbons (Fsp3) is 0. The molecule has 144 valence electrons. The van der Waals surface area contributed by atoms with E-state index in [-0.39, 0.29) is 0 Å². The lowest BCUT2D eigenvalue weighted by molar-refractivity contribution is 0.575. The van der Waals surface area contributed by atoms with Gasteiger partial charge in [-0.2, -0.15) is 5.10 Å². The number of benzene rings is 3. The number of hydrogen-bond donors (Lipinski definition) is 2. The Morgan fingerprint density at radius 2 is 1.76 bits per heavy atom. The van der Waals surface area contributed by atoms with E-state index in [9.17, 15) is 0 Å². The molecule has 4 rings (SSSR count). The lowest BCUT2D eigenvalue weighted by Crippen LogP contribution is -2.23. The van der Waals surface area contributed by atoms with Gasteiger partial charge >= 0.3 is 0 Å². The number of thiocarbonyl (C=S) groups is 1. The Morgan fingerprint density at radius 3 is 2.62 bits per heavy atom. The fourth-order valence-electron chi connectivity index (χ4n) is 2.89. The van der Waals surface area contributed by atoms with Crippen LogP contribution in [0.1, 0.15) is 5.76 Å². The lowest BCUT2D eigenvalue weighted by atomic mass is 10.0. The molecule has 3 aromatic carbocycles. The van der Waals surface area contributed by atoms with Gasteiger partial charge in [-0.05, 0) is 53.3 Å². The highest BCUT2D eigenvalue weighted by Gasteiger charge is 2.07. The van der Waals surface area contributed by atoms with Gasteiger partial charge < -0.3 is 9.73 Å². The van der Waals surface area contributed by atoms with E-state index >= 15 is 0 Å². The largest absolute Gasteiger partial charge is 0.455 e. The number of rotatable bonds is 4. The van der Waals surface area contributed by atoms with Crippen molar-refractivity contribution in [2.24, 2.45) is 5.10 Å². The molecular weight excluding hydrogens is 425 g/mol. The maximum atomic E-state index is 5.99. The van der Waals surface area contributed by atoms with Gasteiger partial charge in [0.05, 0.1) is 16.3 Å². The van der Waals surface area contributed by atoms with Crippen LogP contribution in [0.5, 0.6) is 0 Å². The fourth-order valence-corrected chi connectivity index (χ4v) is 3.36. The zero-order valence-corrected chi connectivity index (χ0v) is 17.4. The SMILES string of the molecule is S=C(NN=Cc1ccc(-c2cccc3ccccc23)o1)Nc1ccc(Cl)c(Cl)c1. The van der Waals surface area contributed by atoms with Crippen LogP contribution in [-0.4, -0.2) is 11.3 Å². The Labute approximate surface area is 183 Å². The van der Waals surface area contributed by atoms with Crippen LogP contribution in [0.3, 0.4) is 0 Å². The number of hydrazone groups is 1. The molecular formula is C22H15Cl2N3OS. The van der Waals surface area contributed by atoms with Crippen LogP contribution >= 0.6 is 35.4 Å². The molecule has 1 aromatic heterocycles. The molecule has 0 aliphatic heterocycles. The van der Waals surface area contributed by atoms with Crippen molar-refractivity contribution in [3.05, 3.63) is 88.6 Å². The lowest BCUT2D eigenvalue weighted by Gasteiger charge is -2.07. The highest BCUT2D eigenvalue weighted by Crippen LogP contribution is 2.29. The van der Waals surface area contributed by atoms with Gasteiger partial charge in [0.1, 0.15) is 11.5 Å². The molecule has 0 aliphatic carbocycles. The van der Waals surface area contributed by atoms with Crippen LogP contribution in [0.25, 0.3) is 22.1 Å². The summed E-state index contributed by atoms with van der Waals surface area (Å²) >= 11 is 17.1. The van der Waals surface area contributed by atoms with Crippen LogP contribution in [0.4, 0.5) is 5.69 Å². The molecule has 2 N–H and O–H groups in total. The third-order valence-corrected chi connectivity index (χ3v) is 5.15. The Balaban J connectivity index is 1.43. The minimum Gasteiger partial charge on any atom is -0.455 e. The third-order valence-electron chi connectivity index (χ3n) is 4.22. The van der Waals surface area contributed by atoms with E-state index < -0.39 is 0 Å². The maximum Gasteiger partial charge on any atom is 0.191 e. The van der Waals surface area contributed by atoms with E-state index in [0.29, 0.717) is 26.6 Å². The minimum atomic E-state index is 0.320. The summed E-state index contributed by atoms with van der Waals surface area (Å²) in [7, 11) is 0. The highest BCUT2D eigenvalue weighted by atomic mass is 35.5. The van der Waals surface area contributed by atoms with Gasteiger partial charge in [0.25, 0.3) is 0 Å². The summed E-state index contributed by atoms with van der Waals surface area (Å²) in [5, 5.41) is 10.6. The predicted molar refractivity (Wildman–Crippen MR) is 125 cm³/mol. The molecule has 7 heteroatoms. The van der Waals surface area contributed by atoms with E-state index in [4.69, 9.17) is 39.8 Å². The second-order valence-electron chi connectivity index (χ2n) is 6.18. The number of furan rings is 1. The summed E-state index contributed by atoms with van der Waals surface area (Å²) in [4.78, 5) is 0. The van der Waals surface area contributed by atoms with Gasteiger partial charge in [-0.1, -0.05) is 65.7 Å². The molecule has 4 nitrogen and oxygen atoms in total. The monoisotopic (exact) mass is 439 g/mol. The summed E-state index contributed by atoms with van der Waals surface area (Å²) < 4.78 is 5.92. The average Bonchev–Trinajstić information content (AvgIpc) is 3.19. The normalized spacial score (nSPS) is 11.1. The number of halogens is 2. The molecule has 0 bridgehead atoms. The van der Waals surface area contributed by atoms with Gasteiger partial charge in [-0.3, -0.25) is 5.43 Å². The van der Waals surface area contributed by atoms with Crippen molar-refractivity contribution in [1.29, 1.82) is 0 Å². The predicted octanol–water partition coefficient (Wildman–Crippen LogP) is 6.73. The van der Waals surface area contributed by atoms with Gasteiger partial charge in [0.15, 0.2) is 5.11 Å². The zero-order valence-electron chi connectivity index (χ0n) is 15.0. The molecule has 0 saturated carbocycles. The van der Waals surface area contributed by atoms with Gasteiger partial charge in [0, 0.05) is 11.3 Å².